The molecule has 0 amide bonds. The van der Waals surface area contributed by atoms with Crippen LogP contribution in [0.4, 0.5) is 0 Å². The van der Waals surface area contributed by atoms with Crippen molar-refractivity contribution in [2.24, 2.45) is 0 Å². The van der Waals surface area contributed by atoms with Crippen LogP contribution in [-0.4, -0.2) is 25.8 Å². The van der Waals surface area contributed by atoms with Crippen molar-refractivity contribution in [1.82, 2.24) is 5.32 Å². The van der Waals surface area contributed by atoms with E-state index in [9.17, 15) is 0 Å². The van der Waals surface area contributed by atoms with Crippen molar-refractivity contribution in [3.63, 3.8) is 0 Å². The fraction of sp³-hybridized carbons (Fsp3) is 0.636. The van der Waals surface area contributed by atoms with Gasteiger partial charge < -0.3 is 10.1 Å². The molecule has 0 aromatic rings. The zero-order chi connectivity index (χ0) is 10.2. The Labute approximate surface area is 93.5 Å². The zero-order valence-electron chi connectivity index (χ0n) is 9.39. The summed E-state index contributed by atoms with van der Waals surface area (Å²) in [5.41, 5.74) is -0.345. The van der Waals surface area contributed by atoms with Gasteiger partial charge in [-0.3, -0.25) is 0 Å². The van der Waals surface area contributed by atoms with Gasteiger partial charge in [-0.05, 0) is 26.5 Å². The van der Waals surface area contributed by atoms with Gasteiger partial charge in [-0.15, -0.1) is 12.4 Å². The van der Waals surface area contributed by atoms with E-state index < -0.39 is 0 Å². The SMILES string of the molecule is CCNC/C=C/C#CC(C)(C)OC.Cl. The maximum Gasteiger partial charge on any atom is 0.123 e. The average Bonchev–Trinajstić information content (AvgIpc) is 2.11. The molecule has 0 bridgehead atoms. The molecule has 0 rings (SSSR count). The summed E-state index contributed by atoms with van der Waals surface area (Å²) in [4.78, 5) is 0. The minimum absolute atomic E-state index is 0. The Kier molecular flexibility index (Phi) is 10.4. The second-order valence-electron chi connectivity index (χ2n) is 3.19. The Morgan fingerprint density at radius 2 is 2.07 bits per heavy atom. The molecule has 2 nitrogen and oxygen atoms in total. The summed E-state index contributed by atoms with van der Waals surface area (Å²) in [6, 6.07) is 0. The number of ether oxygens (including phenoxy) is 1. The summed E-state index contributed by atoms with van der Waals surface area (Å²) >= 11 is 0. The lowest BCUT2D eigenvalue weighted by Gasteiger charge is -2.13. The van der Waals surface area contributed by atoms with Crippen LogP contribution in [0.2, 0.25) is 0 Å². The van der Waals surface area contributed by atoms with E-state index in [1.807, 2.05) is 26.0 Å². The highest BCUT2D eigenvalue weighted by atomic mass is 35.5. The number of halogens is 1. The Balaban J connectivity index is 0. The summed E-state index contributed by atoms with van der Waals surface area (Å²) in [5.74, 6) is 5.94. The van der Waals surface area contributed by atoms with Gasteiger partial charge in [0.2, 0.25) is 0 Å². The molecule has 0 unspecified atom stereocenters. The molecule has 0 aromatic heterocycles. The molecular weight excluding hydrogens is 198 g/mol. The van der Waals surface area contributed by atoms with Crippen molar-refractivity contribution in [3.8, 4) is 11.8 Å². The largest absolute Gasteiger partial charge is 0.366 e. The van der Waals surface area contributed by atoms with Crippen molar-refractivity contribution in [2.45, 2.75) is 26.4 Å². The lowest BCUT2D eigenvalue weighted by Crippen LogP contribution is -2.19. The Morgan fingerprint density at radius 1 is 1.43 bits per heavy atom. The number of allylic oxidation sites excluding steroid dienone is 1. The van der Waals surface area contributed by atoms with Crippen LogP contribution >= 0.6 is 12.4 Å². The number of likely N-dealkylation sites (N-methyl/N-ethyl adjacent to an activating group) is 1. The highest BCUT2D eigenvalue weighted by Gasteiger charge is 2.09. The van der Waals surface area contributed by atoms with Crippen molar-refractivity contribution >= 4 is 12.4 Å². The van der Waals surface area contributed by atoms with Gasteiger partial charge in [0.25, 0.3) is 0 Å². The predicted molar refractivity (Wildman–Crippen MR) is 63.8 cm³/mol. The normalized spacial score (nSPS) is 10.6. The van der Waals surface area contributed by atoms with Gasteiger partial charge in [0.15, 0.2) is 0 Å². The second-order valence-corrected chi connectivity index (χ2v) is 3.19. The van der Waals surface area contributed by atoms with Gasteiger partial charge in [0.1, 0.15) is 5.60 Å². The minimum atomic E-state index is -0.345. The summed E-state index contributed by atoms with van der Waals surface area (Å²) in [5, 5.41) is 3.17. The summed E-state index contributed by atoms with van der Waals surface area (Å²) in [7, 11) is 1.66. The molecule has 0 saturated heterocycles. The molecule has 3 heteroatoms. The van der Waals surface area contributed by atoms with E-state index in [4.69, 9.17) is 4.74 Å². The van der Waals surface area contributed by atoms with Crippen LogP contribution in [0.5, 0.6) is 0 Å². The molecule has 0 aromatic carbocycles. The molecule has 0 aliphatic heterocycles. The lowest BCUT2D eigenvalue weighted by atomic mass is 10.1. The van der Waals surface area contributed by atoms with Crippen LogP contribution in [0.25, 0.3) is 0 Å². The van der Waals surface area contributed by atoms with Gasteiger partial charge in [-0.1, -0.05) is 24.8 Å². The van der Waals surface area contributed by atoms with Gasteiger partial charge in [0, 0.05) is 13.7 Å². The highest BCUT2D eigenvalue weighted by molar-refractivity contribution is 5.85. The monoisotopic (exact) mass is 217 g/mol. The van der Waals surface area contributed by atoms with Crippen molar-refractivity contribution in [1.29, 1.82) is 0 Å². The van der Waals surface area contributed by atoms with Crippen molar-refractivity contribution in [3.05, 3.63) is 12.2 Å². The molecule has 0 aliphatic rings. The molecule has 0 radical (unpaired) electrons. The third-order valence-corrected chi connectivity index (χ3v) is 1.60. The minimum Gasteiger partial charge on any atom is -0.366 e. The molecule has 14 heavy (non-hydrogen) atoms. The summed E-state index contributed by atoms with van der Waals surface area (Å²) < 4.78 is 5.14. The van der Waals surface area contributed by atoms with Crippen molar-refractivity contribution in [2.75, 3.05) is 20.2 Å². The maximum atomic E-state index is 5.14. The third-order valence-electron chi connectivity index (χ3n) is 1.60. The molecule has 0 atom stereocenters. The first-order chi connectivity index (χ1) is 6.12. The van der Waals surface area contributed by atoms with E-state index in [1.165, 1.54) is 0 Å². The third kappa shape index (κ3) is 9.60. The van der Waals surface area contributed by atoms with E-state index in [2.05, 4.69) is 24.1 Å². The number of hydrogen-bond acceptors (Lipinski definition) is 2. The molecule has 0 spiro atoms. The van der Waals surface area contributed by atoms with Gasteiger partial charge >= 0.3 is 0 Å². The second kappa shape index (κ2) is 9.08. The molecule has 0 fully saturated rings. The Hall–Kier alpha value is -0.490. The first-order valence-corrected chi connectivity index (χ1v) is 4.56. The quantitative estimate of drug-likeness (QED) is 0.575. The molecular formula is C11H20ClNO. The van der Waals surface area contributed by atoms with Crippen LogP contribution in [0.1, 0.15) is 20.8 Å². The predicted octanol–water partition coefficient (Wildman–Crippen LogP) is 2.00. The van der Waals surface area contributed by atoms with E-state index in [1.54, 1.807) is 7.11 Å². The number of rotatable bonds is 4. The molecule has 0 heterocycles. The molecule has 0 aliphatic carbocycles. The average molecular weight is 218 g/mol. The topological polar surface area (TPSA) is 21.3 Å². The number of nitrogens with one attached hydrogen (secondary N) is 1. The standard InChI is InChI=1S/C11H19NO.ClH/c1-5-12-10-8-6-7-9-11(2,3)13-4;/h6,8,12H,5,10H2,1-4H3;1H/b8-6+;. The van der Waals surface area contributed by atoms with Crippen LogP contribution in [0.3, 0.4) is 0 Å². The number of hydrogen-bond donors (Lipinski definition) is 1. The lowest BCUT2D eigenvalue weighted by molar-refractivity contribution is 0.0742. The van der Waals surface area contributed by atoms with Gasteiger partial charge in [0.05, 0.1) is 0 Å². The van der Waals surface area contributed by atoms with E-state index in [-0.39, 0.29) is 18.0 Å². The Bertz CT molecular complexity index is 213. The van der Waals surface area contributed by atoms with Gasteiger partial charge in [-0.25, -0.2) is 0 Å². The van der Waals surface area contributed by atoms with E-state index in [0.29, 0.717) is 0 Å². The van der Waals surface area contributed by atoms with E-state index >= 15 is 0 Å². The Morgan fingerprint density at radius 3 is 2.57 bits per heavy atom. The first-order valence-electron chi connectivity index (χ1n) is 4.56. The fourth-order valence-corrected chi connectivity index (χ4v) is 0.612. The van der Waals surface area contributed by atoms with Crippen LogP contribution in [0.15, 0.2) is 12.2 Å². The molecule has 82 valence electrons. The smallest absolute Gasteiger partial charge is 0.123 e. The van der Waals surface area contributed by atoms with Crippen LogP contribution in [0, 0.1) is 11.8 Å². The summed E-state index contributed by atoms with van der Waals surface area (Å²) in [6.45, 7) is 7.82. The highest BCUT2D eigenvalue weighted by Crippen LogP contribution is 2.03. The van der Waals surface area contributed by atoms with E-state index in [0.717, 1.165) is 13.1 Å². The summed E-state index contributed by atoms with van der Waals surface area (Å²) in [6.07, 6.45) is 3.85. The number of methoxy groups -OCH3 is 1. The molecule has 1 N–H and O–H groups in total. The van der Waals surface area contributed by atoms with Crippen LogP contribution in [-0.2, 0) is 4.74 Å². The zero-order valence-corrected chi connectivity index (χ0v) is 10.2. The van der Waals surface area contributed by atoms with Crippen LogP contribution < -0.4 is 5.32 Å². The first kappa shape index (κ1) is 16.0. The fourth-order valence-electron chi connectivity index (χ4n) is 0.612. The maximum absolute atomic E-state index is 5.14. The molecule has 0 saturated carbocycles. The van der Waals surface area contributed by atoms with Crippen molar-refractivity contribution < 1.29 is 4.74 Å². The van der Waals surface area contributed by atoms with Gasteiger partial charge in [-0.2, -0.15) is 0 Å².